The molecular formula is C18H23N3O3S. The molecule has 0 bridgehead atoms. The lowest BCUT2D eigenvalue weighted by Gasteiger charge is -2.13. The Balaban J connectivity index is 1.83. The van der Waals surface area contributed by atoms with Crippen molar-refractivity contribution in [1.82, 2.24) is 8.87 Å². The number of carbonyl (C=O) groups is 1. The van der Waals surface area contributed by atoms with E-state index in [1.807, 2.05) is 31.2 Å². The molecule has 0 aliphatic carbocycles. The molecule has 1 aromatic carbocycles. The lowest BCUT2D eigenvalue weighted by molar-refractivity contribution is 0.101. The Labute approximate surface area is 148 Å². The average Bonchev–Trinajstić information content (AvgIpc) is 3.25. The number of anilines is 1. The second kappa shape index (κ2) is 7.01. The number of hydrogen-bond donors (Lipinski definition) is 1. The largest absolute Gasteiger partial charge is 0.345 e. The van der Waals surface area contributed by atoms with E-state index in [9.17, 15) is 13.2 Å². The second-order valence-electron chi connectivity index (χ2n) is 6.29. The van der Waals surface area contributed by atoms with Gasteiger partial charge in [0.2, 0.25) is 10.0 Å². The summed E-state index contributed by atoms with van der Waals surface area (Å²) in [7, 11) is -1.84. The van der Waals surface area contributed by atoms with E-state index in [1.54, 1.807) is 11.6 Å². The van der Waals surface area contributed by atoms with Crippen molar-refractivity contribution < 1.29 is 13.2 Å². The highest BCUT2D eigenvalue weighted by Crippen LogP contribution is 2.23. The van der Waals surface area contributed by atoms with Crippen molar-refractivity contribution in [3.05, 3.63) is 47.8 Å². The van der Waals surface area contributed by atoms with Crippen molar-refractivity contribution in [3.63, 3.8) is 0 Å². The summed E-state index contributed by atoms with van der Waals surface area (Å²) in [5.41, 5.74) is 2.15. The minimum atomic E-state index is -3.52. The molecule has 1 N–H and O–H groups in total. The number of aryl methyl sites for hydroxylation is 2. The normalized spacial score (nSPS) is 15.4. The number of nitrogens with zero attached hydrogens (tertiary/aromatic N) is 2. The molecule has 1 saturated heterocycles. The summed E-state index contributed by atoms with van der Waals surface area (Å²) in [6, 6.07) is 9.08. The molecule has 0 atom stereocenters. The number of benzene rings is 1. The highest BCUT2D eigenvalue weighted by molar-refractivity contribution is 7.89. The molecule has 134 valence electrons. The van der Waals surface area contributed by atoms with Gasteiger partial charge in [-0.15, -0.1) is 0 Å². The third kappa shape index (κ3) is 3.62. The van der Waals surface area contributed by atoms with Crippen LogP contribution in [0.3, 0.4) is 0 Å². The summed E-state index contributed by atoms with van der Waals surface area (Å²) in [4.78, 5) is 12.7. The molecule has 1 aliphatic rings. The lowest BCUT2D eigenvalue weighted by Crippen LogP contribution is -2.27. The first-order chi connectivity index (χ1) is 11.9. The fraction of sp³-hybridized carbons (Fsp3) is 0.389. The van der Waals surface area contributed by atoms with Gasteiger partial charge < -0.3 is 9.88 Å². The maximum atomic E-state index is 12.6. The lowest BCUT2D eigenvalue weighted by atomic mass is 10.1. The maximum Gasteiger partial charge on any atom is 0.272 e. The molecule has 6 nitrogen and oxygen atoms in total. The van der Waals surface area contributed by atoms with E-state index in [2.05, 4.69) is 5.32 Å². The molecule has 0 radical (unpaired) electrons. The van der Waals surface area contributed by atoms with Gasteiger partial charge in [-0.3, -0.25) is 4.79 Å². The van der Waals surface area contributed by atoms with Gasteiger partial charge in [0.1, 0.15) is 10.6 Å². The minimum absolute atomic E-state index is 0.171. The van der Waals surface area contributed by atoms with Gasteiger partial charge >= 0.3 is 0 Å². The van der Waals surface area contributed by atoms with Crippen LogP contribution < -0.4 is 5.32 Å². The Kier molecular flexibility index (Phi) is 4.96. The zero-order chi connectivity index (χ0) is 18.0. The quantitative estimate of drug-likeness (QED) is 0.890. The average molecular weight is 361 g/mol. The number of amides is 1. The van der Waals surface area contributed by atoms with Gasteiger partial charge in [0.25, 0.3) is 5.91 Å². The summed E-state index contributed by atoms with van der Waals surface area (Å²) in [6.07, 6.45) is 4.15. The topological polar surface area (TPSA) is 71.4 Å². The molecule has 2 aromatic rings. The van der Waals surface area contributed by atoms with Crippen LogP contribution in [-0.4, -0.2) is 36.3 Å². The molecule has 2 heterocycles. The highest BCUT2D eigenvalue weighted by atomic mass is 32.2. The smallest absolute Gasteiger partial charge is 0.272 e. The molecular weight excluding hydrogens is 338 g/mol. The third-order valence-electron chi connectivity index (χ3n) is 4.51. The predicted octanol–water partition coefficient (Wildman–Crippen LogP) is 2.62. The number of sulfonamides is 1. The van der Waals surface area contributed by atoms with E-state index in [1.165, 1.54) is 16.6 Å². The molecule has 7 heteroatoms. The van der Waals surface area contributed by atoms with Crippen LogP contribution in [0.25, 0.3) is 0 Å². The minimum Gasteiger partial charge on any atom is -0.345 e. The molecule has 0 spiro atoms. The van der Waals surface area contributed by atoms with Crippen molar-refractivity contribution in [2.45, 2.75) is 31.1 Å². The van der Waals surface area contributed by atoms with E-state index in [4.69, 9.17) is 0 Å². The van der Waals surface area contributed by atoms with Gasteiger partial charge in [0, 0.05) is 32.0 Å². The first kappa shape index (κ1) is 17.7. The standard InChI is InChI=1S/C18H23N3O3S/c1-3-14-7-6-8-15(11-14)19-18(22)17-12-16(13-20(17)2)25(23,24)21-9-4-5-10-21/h6-8,11-13H,3-5,9-10H2,1-2H3,(H,19,22). The Bertz CT molecular complexity index is 881. The van der Waals surface area contributed by atoms with Crippen LogP contribution in [0.2, 0.25) is 0 Å². The van der Waals surface area contributed by atoms with E-state index < -0.39 is 10.0 Å². The van der Waals surface area contributed by atoms with Crippen LogP contribution in [0.4, 0.5) is 5.69 Å². The van der Waals surface area contributed by atoms with Crippen LogP contribution in [0.1, 0.15) is 35.8 Å². The second-order valence-corrected chi connectivity index (χ2v) is 8.23. The third-order valence-corrected chi connectivity index (χ3v) is 6.37. The van der Waals surface area contributed by atoms with Crippen LogP contribution in [0.15, 0.2) is 41.4 Å². The molecule has 1 aromatic heterocycles. The highest BCUT2D eigenvalue weighted by Gasteiger charge is 2.29. The van der Waals surface area contributed by atoms with Crippen molar-refractivity contribution in [3.8, 4) is 0 Å². The van der Waals surface area contributed by atoms with Gasteiger partial charge in [0.15, 0.2) is 0 Å². The van der Waals surface area contributed by atoms with Crippen molar-refractivity contribution in [2.75, 3.05) is 18.4 Å². The maximum absolute atomic E-state index is 12.6. The molecule has 1 amide bonds. The van der Waals surface area contributed by atoms with Crippen molar-refractivity contribution >= 4 is 21.6 Å². The van der Waals surface area contributed by atoms with Crippen LogP contribution in [0.5, 0.6) is 0 Å². The molecule has 1 aliphatic heterocycles. The Morgan fingerprint density at radius 2 is 1.92 bits per heavy atom. The SMILES string of the molecule is CCc1cccc(NC(=O)c2cc(S(=O)(=O)N3CCCC3)cn2C)c1. The van der Waals surface area contributed by atoms with Crippen molar-refractivity contribution in [1.29, 1.82) is 0 Å². The summed E-state index contributed by atoms with van der Waals surface area (Å²) in [5.74, 6) is -0.321. The first-order valence-electron chi connectivity index (χ1n) is 8.48. The molecule has 0 unspecified atom stereocenters. The predicted molar refractivity (Wildman–Crippen MR) is 97.2 cm³/mol. The number of hydrogen-bond acceptors (Lipinski definition) is 3. The van der Waals surface area contributed by atoms with Crippen LogP contribution in [0, 0.1) is 0 Å². The molecule has 1 fully saturated rings. The van der Waals surface area contributed by atoms with Crippen LogP contribution in [-0.2, 0) is 23.5 Å². The number of rotatable bonds is 5. The summed E-state index contributed by atoms with van der Waals surface area (Å²) in [6.45, 7) is 3.14. The fourth-order valence-electron chi connectivity index (χ4n) is 3.04. The monoisotopic (exact) mass is 361 g/mol. The van der Waals surface area contributed by atoms with E-state index in [0.29, 0.717) is 24.5 Å². The van der Waals surface area contributed by atoms with E-state index in [0.717, 1.165) is 24.8 Å². The summed E-state index contributed by atoms with van der Waals surface area (Å²) in [5, 5.41) is 2.84. The summed E-state index contributed by atoms with van der Waals surface area (Å²) < 4.78 is 28.3. The first-order valence-corrected chi connectivity index (χ1v) is 9.92. The van der Waals surface area contributed by atoms with E-state index in [-0.39, 0.29) is 10.8 Å². The Hall–Kier alpha value is -2.12. The zero-order valence-corrected chi connectivity index (χ0v) is 15.3. The van der Waals surface area contributed by atoms with Crippen molar-refractivity contribution in [2.24, 2.45) is 7.05 Å². The van der Waals surface area contributed by atoms with Gasteiger partial charge in [0.05, 0.1) is 0 Å². The Morgan fingerprint density at radius 1 is 1.20 bits per heavy atom. The van der Waals surface area contributed by atoms with Gasteiger partial charge in [-0.1, -0.05) is 19.1 Å². The molecule has 25 heavy (non-hydrogen) atoms. The number of carbonyl (C=O) groups excluding carboxylic acids is 1. The molecule has 0 saturated carbocycles. The number of nitrogens with one attached hydrogen (secondary N) is 1. The number of aromatic nitrogens is 1. The van der Waals surface area contributed by atoms with E-state index >= 15 is 0 Å². The Morgan fingerprint density at radius 3 is 2.60 bits per heavy atom. The van der Waals surface area contributed by atoms with Gasteiger partial charge in [-0.2, -0.15) is 4.31 Å². The zero-order valence-electron chi connectivity index (χ0n) is 14.5. The molecule has 3 rings (SSSR count). The fourth-order valence-corrected chi connectivity index (χ4v) is 4.63. The van der Waals surface area contributed by atoms with Crippen LogP contribution >= 0.6 is 0 Å². The van der Waals surface area contributed by atoms with Gasteiger partial charge in [-0.25, -0.2) is 8.42 Å². The van der Waals surface area contributed by atoms with Gasteiger partial charge in [-0.05, 0) is 43.0 Å². The summed E-state index contributed by atoms with van der Waals surface area (Å²) >= 11 is 0.